The molecule has 0 radical (unpaired) electrons. The van der Waals surface area contributed by atoms with Crippen LogP contribution in [0.4, 0.5) is 11.4 Å². The number of aromatic amines is 2. The van der Waals surface area contributed by atoms with Crippen LogP contribution in [0.3, 0.4) is 0 Å². The Labute approximate surface area is 197 Å². The summed E-state index contributed by atoms with van der Waals surface area (Å²) in [6.45, 7) is 6.39. The fourth-order valence-electron chi connectivity index (χ4n) is 4.82. The van der Waals surface area contributed by atoms with Crippen LogP contribution in [0.1, 0.15) is 33.1 Å². The SMILES string of the molecule is CC(C)Nc1cncc(-c2cc3c(-c4cc5c(N6CCCCC6)cncc5[nH]4)n[nH]c3cn2)c1. The Kier molecular flexibility index (Phi) is 5.13. The summed E-state index contributed by atoms with van der Waals surface area (Å²) in [4.78, 5) is 19.6. The first kappa shape index (κ1) is 20.7. The summed E-state index contributed by atoms with van der Waals surface area (Å²) in [5.74, 6) is 0. The molecule has 0 spiro atoms. The van der Waals surface area contributed by atoms with Crippen LogP contribution in [-0.4, -0.2) is 49.3 Å². The molecule has 6 heterocycles. The van der Waals surface area contributed by atoms with Crippen molar-refractivity contribution in [3.8, 4) is 22.6 Å². The first-order valence-electron chi connectivity index (χ1n) is 11.9. The zero-order valence-corrected chi connectivity index (χ0v) is 19.5. The molecule has 1 saturated heterocycles. The summed E-state index contributed by atoms with van der Waals surface area (Å²) in [5, 5.41) is 13.4. The minimum atomic E-state index is 0.333. The third kappa shape index (κ3) is 3.75. The number of H-pyrrole nitrogens is 2. The van der Waals surface area contributed by atoms with Gasteiger partial charge in [0.2, 0.25) is 0 Å². The lowest BCUT2D eigenvalue weighted by Gasteiger charge is -2.28. The van der Waals surface area contributed by atoms with Crippen LogP contribution < -0.4 is 10.2 Å². The van der Waals surface area contributed by atoms with Gasteiger partial charge in [0.15, 0.2) is 0 Å². The molecule has 172 valence electrons. The molecule has 1 aliphatic heterocycles. The number of fused-ring (bicyclic) bond motifs is 2. The molecule has 34 heavy (non-hydrogen) atoms. The Morgan fingerprint density at radius 2 is 1.74 bits per heavy atom. The number of anilines is 2. The van der Waals surface area contributed by atoms with E-state index in [1.54, 1.807) is 0 Å². The van der Waals surface area contributed by atoms with Crippen LogP contribution in [0.5, 0.6) is 0 Å². The second-order valence-electron chi connectivity index (χ2n) is 9.30. The number of nitrogens with one attached hydrogen (secondary N) is 3. The molecule has 5 aromatic rings. The molecule has 6 rings (SSSR count). The first-order chi connectivity index (χ1) is 16.7. The van der Waals surface area contributed by atoms with Gasteiger partial charge in [-0.15, -0.1) is 0 Å². The van der Waals surface area contributed by atoms with Crippen molar-refractivity contribution in [1.82, 2.24) is 30.1 Å². The quantitative estimate of drug-likeness (QED) is 0.331. The first-order valence-corrected chi connectivity index (χ1v) is 11.9. The monoisotopic (exact) mass is 452 g/mol. The van der Waals surface area contributed by atoms with Gasteiger partial charge >= 0.3 is 0 Å². The topological polar surface area (TPSA) is 98.4 Å². The molecule has 3 N–H and O–H groups in total. The van der Waals surface area contributed by atoms with E-state index in [9.17, 15) is 0 Å². The Morgan fingerprint density at radius 1 is 0.882 bits per heavy atom. The normalized spacial score (nSPS) is 14.4. The van der Waals surface area contributed by atoms with Crippen molar-refractivity contribution in [2.75, 3.05) is 23.3 Å². The summed E-state index contributed by atoms with van der Waals surface area (Å²) in [6.07, 6.45) is 13.2. The van der Waals surface area contributed by atoms with Crippen LogP contribution >= 0.6 is 0 Å². The summed E-state index contributed by atoms with van der Waals surface area (Å²) in [5.41, 5.74) is 7.78. The van der Waals surface area contributed by atoms with E-state index >= 15 is 0 Å². The molecule has 0 atom stereocenters. The zero-order valence-electron chi connectivity index (χ0n) is 19.5. The molecule has 0 aromatic carbocycles. The van der Waals surface area contributed by atoms with Gasteiger partial charge in [-0.2, -0.15) is 5.10 Å². The molecule has 0 bridgehead atoms. The van der Waals surface area contributed by atoms with E-state index in [0.717, 1.165) is 57.8 Å². The van der Waals surface area contributed by atoms with Gasteiger partial charge in [0.1, 0.15) is 5.69 Å². The minimum absolute atomic E-state index is 0.333. The van der Waals surface area contributed by atoms with Gasteiger partial charge in [-0.05, 0) is 51.3 Å². The van der Waals surface area contributed by atoms with E-state index in [4.69, 9.17) is 0 Å². The molecule has 0 saturated carbocycles. The standard InChI is InChI=1S/C26H28N8/c1-16(2)30-18-8-17(11-27-12-18)21-10-20-24(14-29-21)32-33-26(20)22-9-19-23(31-22)13-28-15-25(19)34-6-4-3-5-7-34/h8-16,30-31H,3-7H2,1-2H3,(H,32,33). The second-order valence-corrected chi connectivity index (χ2v) is 9.30. The second kappa shape index (κ2) is 8.44. The number of aromatic nitrogens is 6. The van der Waals surface area contributed by atoms with Gasteiger partial charge in [-0.3, -0.25) is 20.1 Å². The summed E-state index contributed by atoms with van der Waals surface area (Å²) < 4.78 is 0. The van der Waals surface area contributed by atoms with Crippen LogP contribution in [-0.2, 0) is 0 Å². The average molecular weight is 453 g/mol. The summed E-state index contributed by atoms with van der Waals surface area (Å²) >= 11 is 0. The van der Waals surface area contributed by atoms with Gasteiger partial charge in [-0.1, -0.05) is 0 Å². The number of rotatable bonds is 5. The highest BCUT2D eigenvalue weighted by Crippen LogP contribution is 2.34. The Morgan fingerprint density at radius 3 is 2.59 bits per heavy atom. The maximum Gasteiger partial charge on any atom is 0.116 e. The predicted molar refractivity (Wildman–Crippen MR) is 137 cm³/mol. The minimum Gasteiger partial charge on any atom is -0.382 e. The molecule has 1 aliphatic rings. The highest BCUT2D eigenvalue weighted by Gasteiger charge is 2.18. The van der Waals surface area contributed by atoms with Gasteiger partial charge in [0.05, 0.1) is 52.4 Å². The van der Waals surface area contributed by atoms with Crippen LogP contribution in [0.2, 0.25) is 0 Å². The van der Waals surface area contributed by atoms with Crippen molar-refractivity contribution in [2.24, 2.45) is 0 Å². The summed E-state index contributed by atoms with van der Waals surface area (Å²) in [6, 6.07) is 6.70. The molecular weight excluding hydrogens is 424 g/mol. The smallest absolute Gasteiger partial charge is 0.116 e. The van der Waals surface area contributed by atoms with Gasteiger partial charge in [0, 0.05) is 47.9 Å². The Balaban J connectivity index is 1.41. The lowest BCUT2D eigenvalue weighted by molar-refractivity contribution is 0.578. The fourth-order valence-corrected chi connectivity index (χ4v) is 4.82. The molecule has 1 fully saturated rings. The number of nitrogens with zero attached hydrogens (tertiary/aromatic N) is 5. The highest BCUT2D eigenvalue weighted by molar-refractivity contribution is 6.00. The number of pyridine rings is 3. The molecule has 0 unspecified atom stereocenters. The van der Waals surface area contributed by atoms with E-state index in [0.29, 0.717) is 6.04 Å². The Hall–Kier alpha value is -3.94. The predicted octanol–water partition coefficient (Wildman–Crippen LogP) is 5.37. The maximum absolute atomic E-state index is 4.66. The number of hydrogen-bond acceptors (Lipinski definition) is 6. The lowest BCUT2D eigenvalue weighted by atomic mass is 10.1. The highest BCUT2D eigenvalue weighted by atomic mass is 15.1. The number of piperidine rings is 1. The maximum atomic E-state index is 4.66. The van der Waals surface area contributed by atoms with Crippen molar-refractivity contribution in [3.63, 3.8) is 0 Å². The Bertz CT molecular complexity index is 1460. The van der Waals surface area contributed by atoms with Crippen molar-refractivity contribution in [3.05, 3.63) is 49.2 Å². The van der Waals surface area contributed by atoms with E-state index in [2.05, 4.69) is 72.4 Å². The van der Waals surface area contributed by atoms with E-state index in [1.807, 2.05) is 31.0 Å². The van der Waals surface area contributed by atoms with Crippen molar-refractivity contribution < 1.29 is 0 Å². The molecule has 8 nitrogen and oxygen atoms in total. The van der Waals surface area contributed by atoms with Crippen molar-refractivity contribution >= 4 is 33.2 Å². The zero-order chi connectivity index (χ0) is 23.1. The lowest BCUT2D eigenvalue weighted by Crippen LogP contribution is -2.29. The third-order valence-corrected chi connectivity index (χ3v) is 6.41. The van der Waals surface area contributed by atoms with E-state index in [-0.39, 0.29) is 0 Å². The molecule has 5 aromatic heterocycles. The van der Waals surface area contributed by atoms with E-state index in [1.165, 1.54) is 30.3 Å². The van der Waals surface area contributed by atoms with Crippen LogP contribution in [0.15, 0.2) is 49.2 Å². The molecule has 0 aliphatic carbocycles. The fraction of sp³-hybridized carbons (Fsp3) is 0.308. The van der Waals surface area contributed by atoms with Crippen LogP contribution in [0.25, 0.3) is 44.5 Å². The van der Waals surface area contributed by atoms with Crippen molar-refractivity contribution in [2.45, 2.75) is 39.2 Å². The number of hydrogen-bond donors (Lipinski definition) is 3. The summed E-state index contributed by atoms with van der Waals surface area (Å²) in [7, 11) is 0. The average Bonchev–Trinajstić information content (AvgIpc) is 3.48. The van der Waals surface area contributed by atoms with Gasteiger partial charge in [-0.25, -0.2) is 0 Å². The van der Waals surface area contributed by atoms with Crippen molar-refractivity contribution in [1.29, 1.82) is 0 Å². The van der Waals surface area contributed by atoms with Gasteiger partial charge in [0.25, 0.3) is 0 Å². The molecule has 0 amide bonds. The third-order valence-electron chi connectivity index (χ3n) is 6.41. The largest absolute Gasteiger partial charge is 0.382 e. The molecular formula is C26H28N8. The van der Waals surface area contributed by atoms with Crippen LogP contribution in [0, 0.1) is 0 Å². The molecule has 8 heteroatoms. The van der Waals surface area contributed by atoms with E-state index < -0.39 is 0 Å². The van der Waals surface area contributed by atoms with Gasteiger partial charge < -0.3 is 15.2 Å².